The summed E-state index contributed by atoms with van der Waals surface area (Å²) in [6.07, 6.45) is 2.18. The highest BCUT2D eigenvalue weighted by molar-refractivity contribution is 8.01. The van der Waals surface area contributed by atoms with E-state index < -0.39 is 0 Å². The van der Waals surface area contributed by atoms with Gasteiger partial charge in [0.15, 0.2) is 4.34 Å². The second-order valence-corrected chi connectivity index (χ2v) is 9.53. The van der Waals surface area contributed by atoms with Crippen molar-refractivity contribution in [1.82, 2.24) is 10.3 Å². The molecule has 0 bridgehead atoms. The third-order valence-electron chi connectivity index (χ3n) is 4.93. The monoisotopic (exact) mass is 433 g/mol. The summed E-state index contributed by atoms with van der Waals surface area (Å²) in [7, 11) is 0. The summed E-state index contributed by atoms with van der Waals surface area (Å²) in [6.45, 7) is 0. The normalized spacial score (nSPS) is 13.5. The minimum absolute atomic E-state index is 0.0600. The van der Waals surface area contributed by atoms with Crippen molar-refractivity contribution in [1.29, 1.82) is 0 Å². The number of nitrogens with zero attached hydrogens (tertiary/aromatic N) is 1. The van der Waals surface area contributed by atoms with Gasteiger partial charge in [-0.1, -0.05) is 48.2 Å². The molecule has 0 unspecified atom stereocenters. The Kier molecular flexibility index (Phi) is 5.14. The molecule has 0 atom stereocenters. The molecule has 5 rings (SSSR count). The first-order chi connectivity index (χ1) is 14.7. The Balaban J connectivity index is 1.31. The van der Waals surface area contributed by atoms with Gasteiger partial charge in [-0.25, -0.2) is 4.98 Å². The maximum Gasteiger partial charge on any atom is 0.256 e. The minimum Gasteiger partial charge on any atom is -0.353 e. The highest BCUT2D eigenvalue weighted by Gasteiger charge is 2.23. The Morgan fingerprint density at radius 1 is 1.07 bits per heavy atom. The van der Waals surface area contributed by atoms with Crippen LogP contribution in [-0.2, 0) is 4.79 Å². The summed E-state index contributed by atoms with van der Waals surface area (Å²) >= 11 is 2.98. The zero-order valence-electron chi connectivity index (χ0n) is 16.1. The smallest absolute Gasteiger partial charge is 0.256 e. The van der Waals surface area contributed by atoms with Crippen LogP contribution in [-0.4, -0.2) is 28.6 Å². The van der Waals surface area contributed by atoms with E-state index in [1.165, 1.54) is 23.1 Å². The molecule has 0 aliphatic heterocycles. The number of rotatable bonds is 6. The Bertz CT molecular complexity index is 1260. The molecule has 0 spiro atoms. The van der Waals surface area contributed by atoms with Gasteiger partial charge in [0.1, 0.15) is 0 Å². The van der Waals surface area contributed by atoms with Crippen molar-refractivity contribution < 1.29 is 9.59 Å². The number of thioether (sulfide) groups is 1. The molecule has 2 N–H and O–H groups in total. The molecule has 0 radical (unpaired) electrons. The lowest BCUT2D eigenvalue weighted by Gasteiger charge is -2.08. The van der Waals surface area contributed by atoms with Gasteiger partial charge in [-0.3, -0.25) is 9.59 Å². The van der Waals surface area contributed by atoms with Gasteiger partial charge in [-0.05, 0) is 47.9 Å². The van der Waals surface area contributed by atoms with Gasteiger partial charge in [-0.15, -0.1) is 11.3 Å². The third-order valence-corrected chi connectivity index (χ3v) is 7.09. The number of nitrogens with one attached hydrogen (secondary N) is 2. The predicted octanol–water partition coefficient (Wildman–Crippen LogP) is 5.07. The molecular formula is C23H19N3O2S2. The summed E-state index contributed by atoms with van der Waals surface area (Å²) in [4.78, 5) is 29.3. The molecule has 150 valence electrons. The fourth-order valence-corrected chi connectivity index (χ4v) is 5.21. The summed E-state index contributed by atoms with van der Waals surface area (Å²) in [5, 5.41) is 7.95. The number of amides is 2. The molecule has 1 heterocycles. The predicted molar refractivity (Wildman–Crippen MR) is 123 cm³/mol. The third kappa shape index (κ3) is 4.17. The van der Waals surface area contributed by atoms with E-state index in [1.807, 2.05) is 60.7 Å². The second kappa shape index (κ2) is 8.08. The Morgan fingerprint density at radius 3 is 2.77 bits per heavy atom. The lowest BCUT2D eigenvalue weighted by atomic mass is 10.0. The quantitative estimate of drug-likeness (QED) is 0.416. The molecule has 5 nitrogen and oxygen atoms in total. The zero-order valence-corrected chi connectivity index (χ0v) is 17.7. The zero-order chi connectivity index (χ0) is 20.5. The van der Waals surface area contributed by atoms with Crippen LogP contribution in [0, 0.1) is 0 Å². The molecule has 30 heavy (non-hydrogen) atoms. The number of carbonyl (C=O) groups is 2. The molecule has 7 heteroatoms. The summed E-state index contributed by atoms with van der Waals surface area (Å²) in [5.41, 5.74) is 2.25. The van der Waals surface area contributed by atoms with Crippen molar-refractivity contribution in [3.8, 4) is 0 Å². The minimum atomic E-state index is -0.137. The number of anilines is 1. The second-order valence-electron chi connectivity index (χ2n) is 7.27. The van der Waals surface area contributed by atoms with E-state index in [4.69, 9.17) is 0 Å². The van der Waals surface area contributed by atoms with E-state index in [0.717, 1.165) is 43.9 Å². The highest BCUT2D eigenvalue weighted by Crippen LogP contribution is 2.31. The molecule has 4 aromatic rings. The number of aromatic nitrogens is 1. The average molecular weight is 434 g/mol. The lowest BCUT2D eigenvalue weighted by molar-refractivity contribution is -0.118. The van der Waals surface area contributed by atoms with E-state index in [2.05, 4.69) is 15.6 Å². The van der Waals surface area contributed by atoms with Gasteiger partial charge in [0.25, 0.3) is 5.91 Å². The lowest BCUT2D eigenvalue weighted by Crippen LogP contribution is -2.26. The van der Waals surface area contributed by atoms with Crippen molar-refractivity contribution in [2.75, 3.05) is 11.1 Å². The highest BCUT2D eigenvalue weighted by atomic mass is 32.2. The fourth-order valence-electron chi connectivity index (χ4n) is 3.29. The van der Waals surface area contributed by atoms with Crippen LogP contribution in [0.15, 0.2) is 65.0 Å². The van der Waals surface area contributed by atoms with Crippen LogP contribution < -0.4 is 10.6 Å². The standard InChI is InChI=1S/C23H19N3O2S2/c27-21(24-15-8-9-15)13-29-23-26-19-11-10-16(12-20(19)30-23)25-22(28)18-7-3-5-14-4-1-2-6-17(14)18/h1-7,10-12,15H,8-9,13H2,(H,24,27)(H,25,28). The van der Waals surface area contributed by atoms with Crippen LogP contribution in [0.1, 0.15) is 23.2 Å². The van der Waals surface area contributed by atoms with E-state index in [-0.39, 0.29) is 11.8 Å². The van der Waals surface area contributed by atoms with Crippen LogP contribution in [0.5, 0.6) is 0 Å². The Morgan fingerprint density at radius 2 is 1.90 bits per heavy atom. The summed E-state index contributed by atoms with van der Waals surface area (Å²) < 4.78 is 1.84. The van der Waals surface area contributed by atoms with Crippen molar-refractivity contribution >= 4 is 61.6 Å². The number of fused-ring (bicyclic) bond motifs is 2. The van der Waals surface area contributed by atoms with Gasteiger partial charge >= 0.3 is 0 Å². The number of carbonyl (C=O) groups excluding carboxylic acids is 2. The molecule has 1 aliphatic rings. The van der Waals surface area contributed by atoms with E-state index in [1.54, 1.807) is 0 Å². The maximum absolute atomic E-state index is 12.9. The largest absolute Gasteiger partial charge is 0.353 e. The van der Waals surface area contributed by atoms with E-state index >= 15 is 0 Å². The van der Waals surface area contributed by atoms with Crippen molar-refractivity contribution in [3.63, 3.8) is 0 Å². The fraction of sp³-hybridized carbons (Fsp3) is 0.174. The molecule has 0 saturated heterocycles. The maximum atomic E-state index is 12.9. The van der Waals surface area contributed by atoms with Crippen LogP contribution >= 0.6 is 23.1 Å². The SMILES string of the molecule is O=C(CSc1nc2ccc(NC(=O)c3cccc4ccccc34)cc2s1)NC1CC1. The van der Waals surface area contributed by atoms with E-state index in [0.29, 0.717) is 17.4 Å². The number of hydrogen-bond donors (Lipinski definition) is 2. The van der Waals surface area contributed by atoms with Gasteiger partial charge in [-0.2, -0.15) is 0 Å². The van der Waals surface area contributed by atoms with Gasteiger partial charge in [0.05, 0.1) is 16.0 Å². The molecule has 2 amide bonds. The first-order valence-electron chi connectivity index (χ1n) is 9.77. The van der Waals surface area contributed by atoms with Crippen LogP contribution in [0.4, 0.5) is 5.69 Å². The number of benzene rings is 3. The van der Waals surface area contributed by atoms with Crippen LogP contribution in [0.2, 0.25) is 0 Å². The topological polar surface area (TPSA) is 71.1 Å². The van der Waals surface area contributed by atoms with Gasteiger partial charge in [0.2, 0.25) is 5.91 Å². The Hall–Kier alpha value is -2.90. The molecule has 1 fully saturated rings. The molecule has 1 aliphatic carbocycles. The first kappa shape index (κ1) is 19.1. The van der Waals surface area contributed by atoms with Gasteiger partial charge in [0, 0.05) is 17.3 Å². The van der Waals surface area contributed by atoms with Crippen molar-refractivity contribution in [2.45, 2.75) is 23.2 Å². The van der Waals surface area contributed by atoms with Crippen molar-refractivity contribution in [3.05, 3.63) is 66.2 Å². The first-order valence-corrected chi connectivity index (χ1v) is 11.6. The Labute approximate surface area is 181 Å². The molecule has 1 aromatic heterocycles. The number of hydrogen-bond acceptors (Lipinski definition) is 5. The molecule has 3 aromatic carbocycles. The number of thiazole rings is 1. The summed E-state index contributed by atoms with van der Waals surface area (Å²) in [6, 6.07) is 19.7. The average Bonchev–Trinajstić information content (AvgIpc) is 3.47. The van der Waals surface area contributed by atoms with Crippen LogP contribution in [0.3, 0.4) is 0 Å². The van der Waals surface area contributed by atoms with Crippen molar-refractivity contribution in [2.24, 2.45) is 0 Å². The summed E-state index contributed by atoms with van der Waals surface area (Å²) in [5.74, 6) is 0.299. The molecular weight excluding hydrogens is 414 g/mol. The van der Waals surface area contributed by atoms with Gasteiger partial charge < -0.3 is 10.6 Å². The molecule has 1 saturated carbocycles. The van der Waals surface area contributed by atoms with E-state index in [9.17, 15) is 9.59 Å². The van der Waals surface area contributed by atoms with Crippen LogP contribution in [0.25, 0.3) is 21.0 Å².